The quantitative estimate of drug-likeness (QED) is 0.450. The van der Waals surface area contributed by atoms with Crippen LogP contribution in [0.3, 0.4) is 0 Å². The van der Waals surface area contributed by atoms with Crippen molar-refractivity contribution in [3.8, 4) is 0 Å². The third kappa shape index (κ3) is 4.89. The zero-order chi connectivity index (χ0) is 22.7. The third-order valence-corrected chi connectivity index (χ3v) is 6.91. The van der Waals surface area contributed by atoms with Crippen molar-refractivity contribution in [2.75, 3.05) is 41.3 Å². The first-order valence-corrected chi connectivity index (χ1v) is 12.1. The zero-order valence-electron chi connectivity index (χ0n) is 17.9. The molecule has 170 valence electrons. The van der Waals surface area contributed by atoms with Crippen LogP contribution in [0.1, 0.15) is 31.5 Å². The number of nitrogens with one attached hydrogen (secondary N) is 2. The molecular formula is C21H26N6O4S. The normalized spacial score (nSPS) is 16.8. The number of hydrogen-bond donors (Lipinski definition) is 2. The molecule has 3 heterocycles. The lowest BCUT2D eigenvalue weighted by Gasteiger charge is -2.18. The minimum Gasteiger partial charge on any atom is -0.369 e. The first-order valence-electron chi connectivity index (χ1n) is 10.6. The average Bonchev–Trinajstić information content (AvgIpc) is 3.41. The van der Waals surface area contributed by atoms with E-state index in [4.69, 9.17) is 0 Å². The summed E-state index contributed by atoms with van der Waals surface area (Å²) in [5, 5.41) is 3.14. The molecule has 0 atom stereocenters. The summed E-state index contributed by atoms with van der Waals surface area (Å²) in [6.07, 6.45) is 2.66. The number of sulfonamides is 1. The van der Waals surface area contributed by atoms with E-state index >= 15 is 0 Å². The molecule has 0 bridgehead atoms. The first-order chi connectivity index (χ1) is 15.3. The fourth-order valence-corrected chi connectivity index (χ4v) is 4.88. The van der Waals surface area contributed by atoms with Crippen molar-refractivity contribution >= 4 is 39.2 Å². The lowest BCUT2D eigenvalue weighted by Crippen LogP contribution is -2.30. The summed E-state index contributed by atoms with van der Waals surface area (Å²) in [6.45, 7) is 4.31. The molecule has 0 radical (unpaired) electrons. The highest BCUT2D eigenvalue weighted by atomic mass is 32.2. The number of amides is 2. The van der Waals surface area contributed by atoms with E-state index < -0.39 is 10.0 Å². The van der Waals surface area contributed by atoms with Gasteiger partial charge in [-0.05, 0) is 44.0 Å². The van der Waals surface area contributed by atoms with Gasteiger partial charge in [-0.2, -0.15) is 0 Å². The van der Waals surface area contributed by atoms with Gasteiger partial charge in [0.25, 0.3) is 0 Å². The maximum Gasteiger partial charge on any atom is 0.240 e. The Morgan fingerprint density at radius 3 is 2.28 bits per heavy atom. The highest BCUT2D eigenvalue weighted by Gasteiger charge is 2.30. The molecule has 11 heteroatoms. The molecule has 32 heavy (non-hydrogen) atoms. The summed E-state index contributed by atoms with van der Waals surface area (Å²) in [6, 6.07) is 7.60. The van der Waals surface area contributed by atoms with Gasteiger partial charge in [-0.1, -0.05) is 0 Å². The molecular weight excluding hydrogens is 432 g/mol. The fourth-order valence-electron chi connectivity index (χ4n) is 3.85. The van der Waals surface area contributed by atoms with E-state index in [1.165, 1.54) is 24.3 Å². The van der Waals surface area contributed by atoms with E-state index in [-0.39, 0.29) is 36.1 Å². The minimum absolute atomic E-state index is 0.0644. The molecule has 1 aromatic carbocycles. The number of nitrogens with zero attached hydrogens (tertiary/aromatic N) is 4. The Labute approximate surface area is 187 Å². The Morgan fingerprint density at radius 2 is 1.62 bits per heavy atom. The van der Waals surface area contributed by atoms with Gasteiger partial charge >= 0.3 is 0 Å². The third-order valence-electron chi connectivity index (χ3n) is 5.43. The monoisotopic (exact) mass is 458 g/mol. The molecule has 2 saturated heterocycles. The number of rotatable bonds is 8. The molecule has 2 amide bonds. The minimum atomic E-state index is -3.73. The number of hydrogen-bond acceptors (Lipinski definition) is 8. The van der Waals surface area contributed by atoms with Crippen LogP contribution in [0.15, 0.2) is 35.2 Å². The predicted molar refractivity (Wildman–Crippen MR) is 120 cm³/mol. The molecule has 0 unspecified atom stereocenters. The van der Waals surface area contributed by atoms with Gasteiger partial charge in [0.15, 0.2) is 0 Å². The van der Waals surface area contributed by atoms with Crippen molar-refractivity contribution in [2.45, 2.75) is 37.5 Å². The zero-order valence-corrected chi connectivity index (χ0v) is 18.7. The smallest absolute Gasteiger partial charge is 0.240 e. The number of carbonyl (C=O) groups is 2. The van der Waals surface area contributed by atoms with Crippen LogP contribution in [0.2, 0.25) is 0 Å². The molecule has 0 aliphatic carbocycles. The molecule has 0 saturated carbocycles. The summed E-state index contributed by atoms with van der Waals surface area (Å²) < 4.78 is 27.7. The van der Waals surface area contributed by atoms with Crippen molar-refractivity contribution < 1.29 is 18.0 Å². The average molecular weight is 459 g/mol. The molecule has 1 aromatic heterocycles. The number of carbonyl (C=O) groups excluding carboxylic acids is 2. The summed E-state index contributed by atoms with van der Waals surface area (Å²) in [5.74, 6) is 1.65. The Hall–Kier alpha value is -3.05. The van der Waals surface area contributed by atoms with Crippen molar-refractivity contribution in [3.05, 3.63) is 36.2 Å². The molecule has 2 aliphatic heterocycles. The van der Waals surface area contributed by atoms with E-state index in [1.54, 1.807) is 0 Å². The molecule has 10 nitrogen and oxygen atoms in total. The van der Waals surface area contributed by atoms with E-state index in [2.05, 4.69) is 24.9 Å². The van der Waals surface area contributed by atoms with E-state index in [9.17, 15) is 18.0 Å². The lowest BCUT2D eigenvalue weighted by atomic mass is 10.3. The number of aryl methyl sites for hydroxylation is 1. The Balaban J connectivity index is 1.33. The fraction of sp³-hybridized carbons (Fsp3) is 0.429. The number of aromatic nitrogens is 2. The first kappa shape index (κ1) is 22.2. The van der Waals surface area contributed by atoms with Crippen molar-refractivity contribution in [1.29, 1.82) is 0 Å². The van der Waals surface area contributed by atoms with Crippen molar-refractivity contribution in [3.63, 3.8) is 0 Å². The van der Waals surface area contributed by atoms with Crippen LogP contribution in [0.5, 0.6) is 0 Å². The van der Waals surface area contributed by atoms with Gasteiger partial charge in [0.05, 0.1) is 10.6 Å². The van der Waals surface area contributed by atoms with Crippen LogP contribution in [0.4, 0.5) is 17.3 Å². The van der Waals surface area contributed by atoms with E-state index in [0.717, 1.165) is 36.6 Å². The maximum absolute atomic E-state index is 12.6. The molecule has 0 spiro atoms. The SMILES string of the molecule is Cc1nc(NCCNS(=O)(=O)c2ccc(N3C(=O)CCC3=O)cc2)cc(N2CCCC2)n1. The van der Waals surface area contributed by atoms with Gasteiger partial charge in [-0.3, -0.25) is 14.5 Å². The number of imide groups is 1. The van der Waals surface area contributed by atoms with Crippen LogP contribution >= 0.6 is 0 Å². The summed E-state index contributed by atoms with van der Waals surface area (Å²) in [5.41, 5.74) is 0.381. The Morgan fingerprint density at radius 1 is 0.969 bits per heavy atom. The van der Waals surface area contributed by atoms with Gasteiger partial charge < -0.3 is 10.2 Å². The van der Waals surface area contributed by atoms with Crippen LogP contribution in [-0.4, -0.2) is 56.4 Å². The Kier molecular flexibility index (Phi) is 6.38. The maximum atomic E-state index is 12.6. The van der Waals surface area contributed by atoms with Crippen molar-refractivity contribution in [1.82, 2.24) is 14.7 Å². The van der Waals surface area contributed by atoms with Gasteiger partial charge in [-0.15, -0.1) is 0 Å². The number of anilines is 3. The van der Waals surface area contributed by atoms with Crippen LogP contribution < -0.4 is 19.8 Å². The molecule has 2 aliphatic rings. The highest BCUT2D eigenvalue weighted by molar-refractivity contribution is 7.89. The van der Waals surface area contributed by atoms with Gasteiger partial charge in [0.2, 0.25) is 21.8 Å². The van der Waals surface area contributed by atoms with Crippen molar-refractivity contribution in [2.24, 2.45) is 0 Å². The summed E-state index contributed by atoms with van der Waals surface area (Å²) in [4.78, 5) is 35.9. The van der Waals surface area contributed by atoms with Gasteiger partial charge in [0.1, 0.15) is 17.5 Å². The second-order valence-electron chi connectivity index (χ2n) is 7.79. The van der Waals surface area contributed by atoms with Crippen LogP contribution in [-0.2, 0) is 19.6 Å². The summed E-state index contributed by atoms with van der Waals surface area (Å²) in [7, 11) is -3.73. The summed E-state index contributed by atoms with van der Waals surface area (Å²) >= 11 is 0. The van der Waals surface area contributed by atoms with E-state index in [0.29, 0.717) is 23.9 Å². The topological polar surface area (TPSA) is 125 Å². The largest absolute Gasteiger partial charge is 0.369 e. The standard InChI is InChI=1S/C21H26N6O4S/c1-15-24-18(14-19(25-15)26-12-2-3-13-26)22-10-11-23-32(30,31)17-6-4-16(5-7-17)27-20(28)8-9-21(27)29/h4-7,14,23H,2-3,8-13H2,1H3,(H,22,24,25). The molecule has 2 aromatic rings. The lowest BCUT2D eigenvalue weighted by molar-refractivity contribution is -0.121. The second-order valence-corrected chi connectivity index (χ2v) is 9.56. The molecule has 2 N–H and O–H groups in total. The highest BCUT2D eigenvalue weighted by Crippen LogP contribution is 2.24. The second kappa shape index (κ2) is 9.21. The van der Waals surface area contributed by atoms with Crippen LogP contribution in [0, 0.1) is 6.92 Å². The van der Waals surface area contributed by atoms with Gasteiger partial charge in [-0.25, -0.2) is 23.1 Å². The molecule has 2 fully saturated rings. The Bertz CT molecular complexity index is 1100. The number of benzene rings is 1. The van der Waals surface area contributed by atoms with Crippen LogP contribution in [0.25, 0.3) is 0 Å². The van der Waals surface area contributed by atoms with Gasteiger partial charge in [0, 0.05) is 45.1 Å². The molecule has 4 rings (SSSR count). The van der Waals surface area contributed by atoms with E-state index in [1.807, 2.05) is 13.0 Å². The predicted octanol–water partition coefficient (Wildman–Crippen LogP) is 1.43.